The molecular formula is C20H27N3O4S. The zero-order chi connectivity index (χ0) is 20.6. The molecule has 7 nitrogen and oxygen atoms in total. The average Bonchev–Trinajstić information content (AvgIpc) is 2.70. The number of nitrogens with one attached hydrogen (secondary N) is 2. The van der Waals surface area contributed by atoms with Crippen molar-refractivity contribution in [1.82, 2.24) is 4.72 Å². The molecule has 0 atom stereocenters. The second kappa shape index (κ2) is 10.2. The summed E-state index contributed by atoms with van der Waals surface area (Å²) in [5.41, 5.74) is 2.15. The highest BCUT2D eigenvalue weighted by Gasteiger charge is 2.14. The molecule has 2 rings (SSSR count). The van der Waals surface area contributed by atoms with Crippen LogP contribution in [-0.4, -0.2) is 47.7 Å². The number of nitrogens with zero attached hydrogens (tertiary/aromatic N) is 1. The van der Waals surface area contributed by atoms with Crippen LogP contribution in [0.3, 0.4) is 0 Å². The largest absolute Gasteiger partial charge is 0.383 e. The van der Waals surface area contributed by atoms with E-state index in [9.17, 15) is 13.2 Å². The zero-order valence-corrected chi connectivity index (χ0v) is 17.3. The van der Waals surface area contributed by atoms with Crippen molar-refractivity contribution in [1.29, 1.82) is 0 Å². The fourth-order valence-electron chi connectivity index (χ4n) is 2.69. The van der Waals surface area contributed by atoms with Crippen LogP contribution in [0.15, 0.2) is 53.4 Å². The Kier molecular flexibility index (Phi) is 7.98. The van der Waals surface area contributed by atoms with Crippen molar-refractivity contribution < 1.29 is 17.9 Å². The smallest absolute Gasteiger partial charge is 0.255 e. The Balaban J connectivity index is 2.03. The minimum Gasteiger partial charge on any atom is -0.383 e. The van der Waals surface area contributed by atoms with Gasteiger partial charge < -0.3 is 15.0 Å². The first-order valence-corrected chi connectivity index (χ1v) is 10.6. The van der Waals surface area contributed by atoms with Crippen molar-refractivity contribution in [3.05, 3.63) is 54.1 Å². The van der Waals surface area contributed by atoms with Crippen LogP contribution in [0.1, 0.15) is 24.2 Å². The second-order valence-corrected chi connectivity index (χ2v) is 7.86. The van der Waals surface area contributed by atoms with E-state index in [-0.39, 0.29) is 24.0 Å². The Morgan fingerprint density at radius 1 is 1.00 bits per heavy atom. The molecule has 0 aliphatic rings. The van der Waals surface area contributed by atoms with E-state index >= 15 is 0 Å². The van der Waals surface area contributed by atoms with Crippen molar-refractivity contribution in [2.45, 2.75) is 18.7 Å². The molecule has 0 bridgehead atoms. The average molecular weight is 406 g/mol. The third-order valence-corrected chi connectivity index (χ3v) is 5.76. The number of carbonyl (C=O) groups excluding carboxylic acids is 1. The highest BCUT2D eigenvalue weighted by Crippen LogP contribution is 2.19. The first kappa shape index (κ1) is 21.9. The Morgan fingerprint density at radius 3 is 2.14 bits per heavy atom. The molecule has 0 aromatic heterocycles. The van der Waals surface area contributed by atoms with E-state index in [1.54, 1.807) is 0 Å². The number of methoxy groups -OCH3 is 1. The van der Waals surface area contributed by atoms with Gasteiger partial charge in [-0.15, -0.1) is 0 Å². The van der Waals surface area contributed by atoms with Crippen LogP contribution < -0.4 is 14.9 Å². The van der Waals surface area contributed by atoms with Crippen molar-refractivity contribution in [2.24, 2.45) is 0 Å². The van der Waals surface area contributed by atoms with E-state index in [1.165, 1.54) is 31.4 Å². The lowest BCUT2D eigenvalue weighted by Crippen LogP contribution is -2.27. The molecule has 2 aromatic carbocycles. The molecule has 0 unspecified atom stereocenters. The fourth-order valence-corrected chi connectivity index (χ4v) is 3.71. The summed E-state index contributed by atoms with van der Waals surface area (Å²) in [7, 11) is -2.12. The molecule has 2 N–H and O–H groups in total. The summed E-state index contributed by atoms with van der Waals surface area (Å²) in [6, 6.07) is 13.4. The molecule has 0 aliphatic carbocycles. The fraction of sp³-hybridized carbons (Fsp3) is 0.350. The van der Waals surface area contributed by atoms with Crippen molar-refractivity contribution >= 4 is 27.3 Å². The van der Waals surface area contributed by atoms with Crippen molar-refractivity contribution in [3.63, 3.8) is 0 Å². The highest BCUT2D eigenvalue weighted by molar-refractivity contribution is 7.89. The lowest BCUT2D eigenvalue weighted by molar-refractivity contribution is 0.102. The number of ether oxygens (including phenoxy) is 1. The molecule has 28 heavy (non-hydrogen) atoms. The third kappa shape index (κ3) is 5.79. The summed E-state index contributed by atoms with van der Waals surface area (Å²) in [6.07, 6.45) is 0. The van der Waals surface area contributed by atoms with E-state index < -0.39 is 10.0 Å². The number of sulfonamides is 1. The summed E-state index contributed by atoms with van der Waals surface area (Å²) in [5, 5.41) is 2.82. The van der Waals surface area contributed by atoms with Crippen LogP contribution in [0.5, 0.6) is 0 Å². The van der Waals surface area contributed by atoms with E-state index in [1.807, 2.05) is 24.3 Å². The minimum atomic E-state index is -3.62. The molecule has 0 saturated heterocycles. The first-order valence-electron chi connectivity index (χ1n) is 9.16. The van der Waals surface area contributed by atoms with Crippen LogP contribution in [0.4, 0.5) is 11.4 Å². The standard InChI is InChI=1S/C20H27N3O4S/c1-4-23(5-2)18-10-8-17(9-11-18)22-20(24)16-6-12-19(13-7-16)28(25,26)21-14-15-27-3/h6-13,21H,4-5,14-15H2,1-3H3,(H,22,24). The quantitative estimate of drug-likeness (QED) is 0.594. The molecule has 0 radical (unpaired) electrons. The lowest BCUT2D eigenvalue weighted by Gasteiger charge is -2.21. The maximum atomic E-state index is 12.4. The topological polar surface area (TPSA) is 87.7 Å². The van der Waals surface area contributed by atoms with Gasteiger partial charge in [0.15, 0.2) is 0 Å². The van der Waals surface area contributed by atoms with E-state index in [0.29, 0.717) is 11.3 Å². The minimum absolute atomic E-state index is 0.101. The maximum absolute atomic E-state index is 12.4. The summed E-state index contributed by atoms with van der Waals surface area (Å²) in [5.74, 6) is -0.299. The van der Waals surface area contributed by atoms with E-state index in [4.69, 9.17) is 4.74 Å². The lowest BCUT2D eigenvalue weighted by atomic mass is 10.2. The number of hydrogen-bond acceptors (Lipinski definition) is 5. The molecule has 8 heteroatoms. The van der Waals surface area contributed by atoms with Gasteiger partial charge in [0.25, 0.3) is 5.91 Å². The van der Waals surface area contributed by atoms with Gasteiger partial charge in [0.2, 0.25) is 10.0 Å². The highest BCUT2D eigenvalue weighted by atomic mass is 32.2. The molecule has 2 aromatic rings. The Bertz CT molecular complexity index is 861. The van der Waals surface area contributed by atoms with Gasteiger partial charge in [0.05, 0.1) is 11.5 Å². The Morgan fingerprint density at radius 2 is 1.61 bits per heavy atom. The zero-order valence-electron chi connectivity index (χ0n) is 16.4. The number of amides is 1. The van der Waals surface area contributed by atoms with E-state index in [2.05, 4.69) is 28.8 Å². The number of anilines is 2. The van der Waals surface area contributed by atoms with Crippen molar-refractivity contribution in [2.75, 3.05) is 43.6 Å². The third-order valence-electron chi connectivity index (χ3n) is 4.28. The molecule has 1 amide bonds. The van der Waals surface area contributed by atoms with Crippen molar-refractivity contribution in [3.8, 4) is 0 Å². The van der Waals surface area contributed by atoms with Crippen LogP contribution >= 0.6 is 0 Å². The first-order chi connectivity index (χ1) is 13.4. The maximum Gasteiger partial charge on any atom is 0.255 e. The van der Waals surface area contributed by atoms with Crippen LogP contribution in [0.25, 0.3) is 0 Å². The summed E-state index contributed by atoms with van der Waals surface area (Å²) >= 11 is 0. The molecule has 152 valence electrons. The van der Waals surface area contributed by atoms with Gasteiger partial charge in [0.1, 0.15) is 0 Å². The van der Waals surface area contributed by atoms with Gasteiger partial charge in [0, 0.05) is 43.7 Å². The summed E-state index contributed by atoms with van der Waals surface area (Å²) in [4.78, 5) is 14.7. The normalized spacial score (nSPS) is 11.2. The van der Waals surface area contributed by atoms with Crippen LogP contribution in [0.2, 0.25) is 0 Å². The van der Waals surface area contributed by atoms with Crippen LogP contribution in [-0.2, 0) is 14.8 Å². The monoisotopic (exact) mass is 405 g/mol. The molecule has 0 spiro atoms. The second-order valence-electron chi connectivity index (χ2n) is 6.09. The van der Waals surface area contributed by atoms with Gasteiger partial charge in [-0.3, -0.25) is 4.79 Å². The van der Waals surface area contributed by atoms with E-state index in [0.717, 1.165) is 18.8 Å². The molecule has 0 fully saturated rings. The Labute approximate surface area is 166 Å². The SMILES string of the molecule is CCN(CC)c1ccc(NC(=O)c2ccc(S(=O)(=O)NCCOC)cc2)cc1. The number of benzene rings is 2. The molecule has 0 aliphatic heterocycles. The van der Waals surface area contributed by atoms with Gasteiger partial charge in [-0.2, -0.15) is 0 Å². The number of carbonyl (C=O) groups is 1. The molecule has 0 heterocycles. The van der Waals surface area contributed by atoms with Gasteiger partial charge in [-0.1, -0.05) is 0 Å². The number of hydrogen-bond donors (Lipinski definition) is 2. The number of rotatable bonds is 10. The van der Waals surface area contributed by atoms with Gasteiger partial charge in [-0.05, 0) is 62.4 Å². The van der Waals surface area contributed by atoms with Gasteiger partial charge >= 0.3 is 0 Å². The molecular weight excluding hydrogens is 378 g/mol. The van der Waals surface area contributed by atoms with Gasteiger partial charge in [-0.25, -0.2) is 13.1 Å². The summed E-state index contributed by atoms with van der Waals surface area (Å²) < 4.78 is 31.6. The summed E-state index contributed by atoms with van der Waals surface area (Å²) in [6.45, 7) is 6.49. The molecule has 0 saturated carbocycles. The Hall–Kier alpha value is -2.42. The predicted octanol–water partition coefficient (Wildman–Crippen LogP) is 2.71. The van der Waals surface area contributed by atoms with Crippen LogP contribution in [0, 0.1) is 0 Å². The predicted molar refractivity (Wildman–Crippen MR) is 111 cm³/mol.